The summed E-state index contributed by atoms with van der Waals surface area (Å²) in [4.78, 5) is 20.7. The highest BCUT2D eigenvalue weighted by Gasteiger charge is 2.20. The van der Waals surface area contributed by atoms with Crippen LogP contribution in [0, 0.1) is 0 Å². The maximum absolute atomic E-state index is 11.8. The molecule has 0 spiro atoms. The van der Waals surface area contributed by atoms with Crippen LogP contribution in [-0.2, 0) is 11.3 Å². The van der Waals surface area contributed by atoms with E-state index in [0.29, 0.717) is 38.0 Å². The van der Waals surface area contributed by atoms with Crippen molar-refractivity contribution in [1.29, 1.82) is 0 Å². The monoisotopic (exact) mass is 385 g/mol. The Bertz CT molecular complexity index is 766. The fourth-order valence-corrected chi connectivity index (χ4v) is 3.05. The van der Waals surface area contributed by atoms with Crippen LogP contribution >= 0.6 is 0 Å². The van der Waals surface area contributed by atoms with Crippen LogP contribution in [0.1, 0.15) is 12.8 Å². The Labute approximate surface area is 165 Å². The minimum atomic E-state index is 0.0326. The van der Waals surface area contributed by atoms with Crippen molar-refractivity contribution >= 4 is 5.91 Å². The third-order valence-corrected chi connectivity index (χ3v) is 4.53. The number of hydrogen-bond donors (Lipinski definition) is 1. The first-order chi connectivity index (χ1) is 13.7. The highest BCUT2D eigenvalue weighted by molar-refractivity contribution is 5.78. The Morgan fingerprint density at radius 1 is 1.25 bits per heavy atom. The largest absolute Gasteiger partial charge is 0.494 e. The number of hydrogen-bond acceptors (Lipinski definition) is 7. The lowest BCUT2D eigenvalue weighted by Gasteiger charge is -2.33. The van der Waals surface area contributed by atoms with Gasteiger partial charge in [-0.25, -0.2) is 0 Å². The van der Waals surface area contributed by atoms with Gasteiger partial charge in [-0.3, -0.25) is 14.6 Å². The van der Waals surface area contributed by atoms with Crippen LogP contribution in [0.3, 0.4) is 0 Å². The summed E-state index contributed by atoms with van der Waals surface area (Å²) in [5, 5.41) is 6.89. The summed E-state index contributed by atoms with van der Waals surface area (Å²) < 4.78 is 10.9. The van der Waals surface area contributed by atoms with Gasteiger partial charge in [-0.2, -0.15) is 4.98 Å². The van der Waals surface area contributed by atoms with Crippen molar-refractivity contribution in [3.05, 3.63) is 42.8 Å². The van der Waals surface area contributed by atoms with Gasteiger partial charge in [0.2, 0.25) is 17.6 Å². The van der Waals surface area contributed by atoms with Gasteiger partial charge in [0, 0.05) is 38.3 Å². The Balaban J connectivity index is 1.47. The van der Waals surface area contributed by atoms with Crippen LogP contribution in [0.4, 0.5) is 0 Å². The van der Waals surface area contributed by atoms with Crippen molar-refractivity contribution in [2.45, 2.75) is 13.5 Å². The summed E-state index contributed by atoms with van der Waals surface area (Å²) >= 11 is 0. The lowest BCUT2D eigenvalue weighted by molar-refractivity contribution is -0.122. The molecule has 2 aromatic rings. The van der Waals surface area contributed by atoms with Gasteiger partial charge in [-0.15, -0.1) is 6.58 Å². The van der Waals surface area contributed by atoms with Gasteiger partial charge >= 0.3 is 0 Å². The number of nitrogens with zero attached hydrogens (tertiary/aromatic N) is 4. The molecule has 2 heterocycles. The van der Waals surface area contributed by atoms with Crippen molar-refractivity contribution in [2.24, 2.45) is 0 Å². The van der Waals surface area contributed by atoms with Crippen LogP contribution in [0.15, 0.2) is 41.4 Å². The van der Waals surface area contributed by atoms with Crippen LogP contribution in [0.5, 0.6) is 5.75 Å². The Morgan fingerprint density at radius 3 is 2.64 bits per heavy atom. The van der Waals surface area contributed by atoms with Gasteiger partial charge in [-0.1, -0.05) is 11.2 Å². The number of ether oxygens (including phenoxy) is 1. The van der Waals surface area contributed by atoms with Crippen LogP contribution in [-0.4, -0.2) is 71.7 Å². The Hall–Kier alpha value is -2.71. The molecule has 1 amide bonds. The average molecular weight is 385 g/mol. The topological polar surface area (TPSA) is 83.7 Å². The van der Waals surface area contributed by atoms with E-state index in [0.717, 1.165) is 37.5 Å². The third-order valence-electron chi connectivity index (χ3n) is 4.53. The fourth-order valence-electron chi connectivity index (χ4n) is 3.05. The van der Waals surface area contributed by atoms with E-state index in [2.05, 4.69) is 31.8 Å². The Morgan fingerprint density at radius 2 is 1.96 bits per heavy atom. The van der Waals surface area contributed by atoms with E-state index in [1.54, 1.807) is 6.08 Å². The SMILES string of the molecule is C=CCNC(=O)CN1CCN(Cc2nc(-c3ccc(OCC)cc3)no2)CC1. The molecule has 0 aliphatic carbocycles. The minimum Gasteiger partial charge on any atom is -0.494 e. The predicted octanol–water partition coefficient (Wildman–Crippen LogP) is 1.56. The summed E-state index contributed by atoms with van der Waals surface area (Å²) in [6.45, 7) is 11.1. The van der Waals surface area contributed by atoms with Crippen molar-refractivity contribution in [3.63, 3.8) is 0 Å². The quantitative estimate of drug-likeness (QED) is 0.656. The van der Waals surface area contributed by atoms with Gasteiger partial charge in [0.05, 0.1) is 19.7 Å². The summed E-state index contributed by atoms with van der Waals surface area (Å²) in [6, 6.07) is 7.66. The molecule has 1 aliphatic heterocycles. The van der Waals surface area contributed by atoms with E-state index >= 15 is 0 Å². The van der Waals surface area contributed by atoms with E-state index in [4.69, 9.17) is 9.26 Å². The molecule has 1 aromatic carbocycles. The number of aromatic nitrogens is 2. The standard InChI is InChI=1S/C20H27N5O3/c1-3-9-21-18(26)14-24-10-12-25(13-11-24)15-19-22-20(23-28-19)16-5-7-17(8-6-16)27-4-2/h3,5-8H,1,4,9-15H2,2H3,(H,21,26). The highest BCUT2D eigenvalue weighted by Crippen LogP contribution is 2.20. The molecule has 1 saturated heterocycles. The molecule has 8 nitrogen and oxygen atoms in total. The first-order valence-corrected chi connectivity index (χ1v) is 9.56. The second kappa shape index (κ2) is 10.0. The normalized spacial score (nSPS) is 15.3. The number of rotatable bonds is 9. The second-order valence-corrected chi connectivity index (χ2v) is 6.61. The number of benzene rings is 1. The Kier molecular flexibility index (Phi) is 7.16. The molecule has 0 radical (unpaired) electrons. The van der Waals surface area contributed by atoms with E-state index in [-0.39, 0.29) is 5.91 Å². The van der Waals surface area contributed by atoms with Gasteiger partial charge in [-0.05, 0) is 31.2 Å². The van der Waals surface area contributed by atoms with Crippen LogP contribution in [0.25, 0.3) is 11.4 Å². The molecule has 150 valence electrons. The highest BCUT2D eigenvalue weighted by atomic mass is 16.5. The van der Waals surface area contributed by atoms with E-state index < -0.39 is 0 Å². The molecule has 0 bridgehead atoms. The summed E-state index contributed by atoms with van der Waals surface area (Å²) in [6.07, 6.45) is 1.68. The van der Waals surface area contributed by atoms with E-state index in [9.17, 15) is 4.79 Å². The van der Waals surface area contributed by atoms with Crippen molar-refractivity contribution in [3.8, 4) is 17.1 Å². The lowest BCUT2D eigenvalue weighted by Crippen LogP contribution is -2.49. The molecule has 0 unspecified atom stereocenters. The van der Waals surface area contributed by atoms with Gasteiger partial charge < -0.3 is 14.6 Å². The molecule has 3 rings (SSSR count). The molecule has 28 heavy (non-hydrogen) atoms. The molecule has 1 fully saturated rings. The van der Waals surface area contributed by atoms with E-state index in [1.807, 2.05) is 31.2 Å². The van der Waals surface area contributed by atoms with Crippen molar-refractivity contribution < 1.29 is 14.1 Å². The number of nitrogens with one attached hydrogen (secondary N) is 1. The maximum Gasteiger partial charge on any atom is 0.241 e. The molecule has 1 aliphatic rings. The van der Waals surface area contributed by atoms with Crippen molar-refractivity contribution in [2.75, 3.05) is 45.9 Å². The second-order valence-electron chi connectivity index (χ2n) is 6.61. The van der Waals surface area contributed by atoms with Crippen molar-refractivity contribution in [1.82, 2.24) is 25.3 Å². The smallest absolute Gasteiger partial charge is 0.241 e. The van der Waals surface area contributed by atoms with E-state index in [1.165, 1.54) is 0 Å². The van der Waals surface area contributed by atoms with Gasteiger partial charge in [0.15, 0.2) is 0 Å². The van der Waals surface area contributed by atoms with Gasteiger partial charge in [0.1, 0.15) is 5.75 Å². The number of piperazine rings is 1. The number of amides is 1. The molecule has 8 heteroatoms. The number of carbonyl (C=O) groups excluding carboxylic acids is 1. The maximum atomic E-state index is 11.8. The summed E-state index contributed by atoms with van der Waals surface area (Å²) in [7, 11) is 0. The molecule has 1 N–H and O–H groups in total. The lowest BCUT2D eigenvalue weighted by atomic mass is 10.2. The zero-order valence-corrected chi connectivity index (χ0v) is 16.3. The summed E-state index contributed by atoms with van der Waals surface area (Å²) in [5.74, 6) is 2.04. The van der Waals surface area contributed by atoms with Crippen LogP contribution < -0.4 is 10.1 Å². The minimum absolute atomic E-state index is 0.0326. The molecular formula is C20H27N5O3. The summed E-state index contributed by atoms with van der Waals surface area (Å²) in [5.41, 5.74) is 0.897. The average Bonchev–Trinajstić information content (AvgIpc) is 3.17. The predicted molar refractivity (Wildman–Crippen MR) is 106 cm³/mol. The zero-order chi connectivity index (χ0) is 19.8. The molecule has 0 atom stereocenters. The number of carbonyl (C=O) groups is 1. The molecule has 1 aromatic heterocycles. The molecule has 0 saturated carbocycles. The van der Waals surface area contributed by atoms with Crippen LogP contribution in [0.2, 0.25) is 0 Å². The zero-order valence-electron chi connectivity index (χ0n) is 16.3. The third kappa shape index (κ3) is 5.64. The fraction of sp³-hybridized carbons (Fsp3) is 0.450. The first kappa shape index (κ1) is 20.0. The van der Waals surface area contributed by atoms with Gasteiger partial charge in [0.25, 0.3) is 0 Å². The molecular weight excluding hydrogens is 358 g/mol. The first-order valence-electron chi connectivity index (χ1n) is 9.56.